The third-order valence-corrected chi connectivity index (χ3v) is 3.49. The van der Waals surface area contributed by atoms with Gasteiger partial charge in [0, 0.05) is 0 Å². The van der Waals surface area contributed by atoms with Crippen molar-refractivity contribution in [2.45, 2.75) is 39.0 Å². The number of ether oxygens (including phenoxy) is 1. The number of nitrogens with zero attached hydrogens (tertiary/aromatic N) is 2. The first-order valence-corrected chi connectivity index (χ1v) is 6.71. The van der Waals surface area contributed by atoms with Gasteiger partial charge >= 0.3 is 5.97 Å². The Labute approximate surface area is 117 Å². The van der Waals surface area contributed by atoms with E-state index in [-0.39, 0.29) is 11.9 Å². The zero-order valence-electron chi connectivity index (χ0n) is 11.9. The molecule has 2 rings (SSSR count). The van der Waals surface area contributed by atoms with Crippen LogP contribution < -0.4 is 0 Å². The van der Waals surface area contributed by atoms with Crippen LogP contribution in [0.15, 0.2) is 27.5 Å². The van der Waals surface area contributed by atoms with Crippen molar-refractivity contribution in [2.75, 3.05) is 6.61 Å². The van der Waals surface area contributed by atoms with Gasteiger partial charge in [-0.3, -0.25) is 4.79 Å². The molecule has 0 aliphatic carbocycles. The van der Waals surface area contributed by atoms with Gasteiger partial charge in [-0.2, -0.15) is 4.98 Å². The Morgan fingerprint density at radius 1 is 1.35 bits per heavy atom. The van der Waals surface area contributed by atoms with Crippen molar-refractivity contribution < 1.29 is 18.5 Å². The van der Waals surface area contributed by atoms with Crippen molar-refractivity contribution in [3.05, 3.63) is 24.5 Å². The minimum atomic E-state index is -0.884. The van der Waals surface area contributed by atoms with Crippen LogP contribution in [0.5, 0.6) is 0 Å². The largest absolute Gasteiger partial charge is 0.472 e. The summed E-state index contributed by atoms with van der Waals surface area (Å²) < 4.78 is 15.4. The predicted molar refractivity (Wildman–Crippen MR) is 70.9 cm³/mol. The summed E-state index contributed by atoms with van der Waals surface area (Å²) in [5.41, 5.74) is -0.171. The standard InChI is InChI=1S/C14H18N2O4/c1-4-14(5-2,13(17)19-6-3)12-15-11(16-20-12)10-7-8-18-9-10/h7-9H,4-6H2,1-3H3. The Kier molecular flexibility index (Phi) is 4.22. The lowest BCUT2D eigenvalue weighted by Crippen LogP contribution is -2.36. The molecule has 108 valence electrons. The third kappa shape index (κ3) is 2.33. The summed E-state index contributed by atoms with van der Waals surface area (Å²) in [6.07, 6.45) is 4.13. The van der Waals surface area contributed by atoms with E-state index >= 15 is 0 Å². The summed E-state index contributed by atoms with van der Waals surface area (Å²) >= 11 is 0. The molecule has 0 amide bonds. The van der Waals surface area contributed by atoms with Crippen LogP contribution in [0.4, 0.5) is 0 Å². The van der Waals surface area contributed by atoms with Gasteiger partial charge in [0.2, 0.25) is 11.7 Å². The second-order valence-electron chi connectivity index (χ2n) is 4.44. The Bertz CT molecular complexity index is 556. The van der Waals surface area contributed by atoms with Crippen LogP contribution in [-0.2, 0) is 14.9 Å². The summed E-state index contributed by atoms with van der Waals surface area (Å²) in [6.45, 7) is 5.91. The van der Waals surface area contributed by atoms with Gasteiger partial charge in [0.1, 0.15) is 11.7 Å². The SMILES string of the molecule is CCOC(=O)C(CC)(CC)c1nc(-c2ccoc2)no1. The van der Waals surface area contributed by atoms with Gasteiger partial charge in [-0.05, 0) is 25.8 Å². The summed E-state index contributed by atoms with van der Waals surface area (Å²) in [7, 11) is 0. The summed E-state index contributed by atoms with van der Waals surface area (Å²) in [5.74, 6) is 0.369. The molecule has 0 atom stereocenters. The highest BCUT2D eigenvalue weighted by Crippen LogP contribution is 2.33. The number of hydrogen-bond acceptors (Lipinski definition) is 6. The molecule has 0 saturated heterocycles. The molecule has 0 saturated carbocycles. The fraction of sp³-hybridized carbons (Fsp3) is 0.500. The average molecular weight is 278 g/mol. The molecule has 0 aliphatic heterocycles. The van der Waals surface area contributed by atoms with E-state index in [1.165, 1.54) is 12.5 Å². The molecule has 6 nitrogen and oxygen atoms in total. The summed E-state index contributed by atoms with van der Waals surface area (Å²) in [6, 6.07) is 1.73. The van der Waals surface area contributed by atoms with Gasteiger partial charge < -0.3 is 13.7 Å². The van der Waals surface area contributed by atoms with E-state index in [1.54, 1.807) is 13.0 Å². The van der Waals surface area contributed by atoms with Crippen molar-refractivity contribution in [1.29, 1.82) is 0 Å². The highest BCUT2D eigenvalue weighted by molar-refractivity contribution is 5.81. The number of carbonyl (C=O) groups excluding carboxylic acids is 1. The highest BCUT2D eigenvalue weighted by atomic mass is 16.5. The molecule has 0 spiro atoms. The molecule has 0 bridgehead atoms. The number of aromatic nitrogens is 2. The van der Waals surface area contributed by atoms with Crippen LogP contribution in [-0.4, -0.2) is 22.7 Å². The molecule has 0 radical (unpaired) electrons. The van der Waals surface area contributed by atoms with Crippen LogP contribution in [0, 0.1) is 0 Å². The first-order valence-electron chi connectivity index (χ1n) is 6.71. The lowest BCUT2D eigenvalue weighted by atomic mass is 9.82. The van der Waals surface area contributed by atoms with E-state index in [4.69, 9.17) is 13.7 Å². The molecule has 2 aromatic rings. The van der Waals surface area contributed by atoms with Crippen molar-refractivity contribution in [3.8, 4) is 11.4 Å². The topological polar surface area (TPSA) is 78.4 Å². The number of rotatable bonds is 6. The van der Waals surface area contributed by atoms with E-state index in [1.807, 2.05) is 13.8 Å². The van der Waals surface area contributed by atoms with Gasteiger partial charge in [-0.15, -0.1) is 0 Å². The molecular formula is C14H18N2O4. The summed E-state index contributed by atoms with van der Waals surface area (Å²) in [5, 5.41) is 3.91. The normalized spacial score (nSPS) is 11.6. The predicted octanol–water partition coefficient (Wildman–Crippen LogP) is 2.95. The van der Waals surface area contributed by atoms with Gasteiger partial charge in [-0.25, -0.2) is 0 Å². The molecule has 2 heterocycles. The summed E-state index contributed by atoms with van der Waals surface area (Å²) in [4.78, 5) is 16.6. The van der Waals surface area contributed by atoms with E-state index in [2.05, 4.69) is 10.1 Å². The van der Waals surface area contributed by atoms with Crippen molar-refractivity contribution >= 4 is 5.97 Å². The van der Waals surface area contributed by atoms with Gasteiger partial charge in [-0.1, -0.05) is 19.0 Å². The van der Waals surface area contributed by atoms with Crippen molar-refractivity contribution in [2.24, 2.45) is 0 Å². The second-order valence-corrected chi connectivity index (χ2v) is 4.44. The average Bonchev–Trinajstić information content (AvgIpc) is 3.12. The molecule has 0 N–H and O–H groups in total. The maximum absolute atomic E-state index is 12.3. The lowest BCUT2D eigenvalue weighted by Gasteiger charge is -2.24. The van der Waals surface area contributed by atoms with Gasteiger partial charge in [0.25, 0.3) is 0 Å². The first-order chi connectivity index (χ1) is 9.67. The molecular weight excluding hydrogens is 260 g/mol. The Morgan fingerprint density at radius 2 is 2.10 bits per heavy atom. The molecule has 0 fully saturated rings. The van der Waals surface area contributed by atoms with Crippen LogP contribution in [0.3, 0.4) is 0 Å². The monoisotopic (exact) mass is 278 g/mol. The van der Waals surface area contributed by atoms with E-state index in [9.17, 15) is 4.79 Å². The Balaban J connectivity index is 2.37. The molecule has 0 unspecified atom stereocenters. The fourth-order valence-corrected chi connectivity index (χ4v) is 2.12. The van der Waals surface area contributed by atoms with Crippen molar-refractivity contribution in [3.63, 3.8) is 0 Å². The first kappa shape index (κ1) is 14.3. The van der Waals surface area contributed by atoms with Crippen LogP contribution in [0.25, 0.3) is 11.4 Å². The van der Waals surface area contributed by atoms with E-state index < -0.39 is 5.41 Å². The van der Waals surface area contributed by atoms with E-state index in [0.717, 1.165) is 0 Å². The van der Waals surface area contributed by atoms with Gasteiger partial charge in [0.05, 0.1) is 18.4 Å². The second kappa shape index (κ2) is 5.90. The molecule has 2 aromatic heterocycles. The Morgan fingerprint density at radius 3 is 2.65 bits per heavy atom. The number of furan rings is 1. The maximum atomic E-state index is 12.3. The quantitative estimate of drug-likeness (QED) is 0.756. The number of carbonyl (C=O) groups is 1. The maximum Gasteiger partial charge on any atom is 0.321 e. The number of esters is 1. The highest BCUT2D eigenvalue weighted by Gasteiger charge is 2.44. The van der Waals surface area contributed by atoms with Gasteiger partial charge in [0.15, 0.2) is 0 Å². The number of hydrogen-bond donors (Lipinski definition) is 0. The zero-order valence-corrected chi connectivity index (χ0v) is 11.9. The smallest absolute Gasteiger partial charge is 0.321 e. The lowest BCUT2D eigenvalue weighted by molar-refractivity contribution is -0.151. The van der Waals surface area contributed by atoms with E-state index in [0.29, 0.717) is 30.8 Å². The van der Waals surface area contributed by atoms with Crippen LogP contribution in [0.2, 0.25) is 0 Å². The molecule has 0 aromatic carbocycles. The molecule has 6 heteroatoms. The molecule has 0 aliphatic rings. The Hall–Kier alpha value is -2.11. The minimum absolute atomic E-state index is 0.289. The fourth-order valence-electron chi connectivity index (χ4n) is 2.12. The molecule has 20 heavy (non-hydrogen) atoms. The van der Waals surface area contributed by atoms with Crippen LogP contribution >= 0.6 is 0 Å². The third-order valence-electron chi connectivity index (χ3n) is 3.49. The van der Waals surface area contributed by atoms with Crippen molar-refractivity contribution in [1.82, 2.24) is 10.1 Å². The van der Waals surface area contributed by atoms with Crippen LogP contribution in [0.1, 0.15) is 39.5 Å². The zero-order chi connectivity index (χ0) is 14.6. The minimum Gasteiger partial charge on any atom is -0.472 e.